The first-order valence-corrected chi connectivity index (χ1v) is 7.37. The van der Waals surface area contributed by atoms with Crippen molar-refractivity contribution in [3.8, 4) is 5.69 Å². The van der Waals surface area contributed by atoms with E-state index >= 15 is 0 Å². The molecule has 1 N–H and O–H groups in total. The molecule has 2 aromatic rings. The monoisotopic (exact) mass is 351 g/mol. The number of halogens is 1. The minimum Gasteiger partial charge on any atom is -0.333 e. The summed E-state index contributed by atoms with van der Waals surface area (Å²) in [5.41, 5.74) is 1.20. The topological polar surface area (TPSA) is 93.3 Å². The molecule has 0 saturated carbocycles. The minimum atomic E-state index is -0.451. The SMILES string of the molecule is C[C@@H]1CNCCN1C(=O)c1cnn(-c2ccc([N+](=O)[O-])cc2)c1.Cl. The molecule has 24 heavy (non-hydrogen) atoms. The molecule has 9 heteroatoms. The molecule has 0 unspecified atom stereocenters. The molecule has 2 heterocycles. The van der Waals surface area contributed by atoms with Gasteiger partial charge in [0.2, 0.25) is 0 Å². The zero-order valence-corrected chi connectivity index (χ0v) is 13.9. The van der Waals surface area contributed by atoms with Crippen molar-refractivity contribution in [2.24, 2.45) is 0 Å². The van der Waals surface area contributed by atoms with Gasteiger partial charge >= 0.3 is 0 Å². The highest BCUT2D eigenvalue weighted by molar-refractivity contribution is 5.94. The van der Waals surface area contributed by atoms with Gasteiger partial charge in [0.25, 0.3) is 11.6 Å². The molecule has 1 aliphatic rings. The summed E-state index contributed by atoms with van der Waals surface area (Å²) in [7, 11) is 0. The normalized spacial score (nSPS) is 17.2. The smallest absolute Gasteiger partial charge is 0.269 e. The lowest BCUT2D eigenvalue weighted by molar-refractivity contribution is -0.384. The zero-order chi connectivity index (χ0) is 16.4. The van der Waals surface area contributed by atoms with Crippen LogP contribution in [0.15, 0.2) is 36.7 Å². The highest BCUT2D eigenvalue weighted by Crippen LogP contribution is 2.16. The third-order valence-corrected chi connectivity index (χ3v) is 3.92. The Labute approximate surface area is 145 Å². The van der Waals surface area contributed by atoms with Gasteiger partial charge < -0.3 is 10.2 Å². The molecule has 1 aliphatic heterocycles. The van der Waals surface area contributed by atoms with Crippen LogP contribution in [0.2, 0.25) is 0 Å². The van der Waals surface area contributed by atoms with E-state index in [1.165, 1.54) is 18.3 Å². The van der Waals surface area contributed by atoms with Gasteiger partial charge in [0.1, 0.15) is 0 Å². The second kappa shape index (κ2) is 7.41. The van der Waals surface area contributed by atoms with Gasteiger partial charge in [-0.15, -0.1) is 12.4 Å². The van der Waals surface area contributed by atoms with Gasteiger partial charge in [0.15, 0.2) is 0 Å². The number of hydrogen-bond donors (Lipinski definition) is 1. The Morgan fingerprint density at radius 2 is 2.08 bits per heavy atom. The second-order valence-electron chi connectivity index (χ2n) is 5.50. The number of hydrogen-bond acceptors (Lipinski definition) is 5. The van der Waals surface area contributed by atoms with Crippen LogP contribution in [0.5, 0.6) is 0 Å². The van der Waals surface area contributed by atoms with E-state index in [4.69, 9.17) is 0 Å². The van der Waals surface area contributed by atoms with Crippen LogP contribution < -0.4 is 5.32 Å². The van der Waals surface area contributed by atoms with Crippen molar-refractivity contribution in [3.63, 3.8) is 0 Å². The fourth-order valence-electron chi connectivity index (χ4n) is 2.61. The maximum absolute atomic E-state index is 12.6. The predicted octanol–water partition coefficient (Wildman–Crippen LogP) is 1.64. The Morgan fingerprint density at radius 1 is 1.38 bits per heavy atom. The van der Waals surface area contributed by atoms with Gasteiger partial charge in [-0.25, -0.2) is 4.68 Å². The fraction of sp³-hybridized carbons (Fsp3) is 0.333. The van der Waals surface area contributed by atoms with E-state index in [-0.39, 0.29) is 30.0 Å². The number of carbonyl (C=O) groups excluding carboxylic acids is 1. The Hall–Kier alpha value is -2.45. The van der Waals surface area contributed by atoms with Crippen molar-refractivity contribution in [2.75, 3.05) is 19.6 Å². The van der Waals surface area contributed by atoms with E-state index in [1.54, 1.807) is 23.0 Å². The molecule has 1 atom stereocenters. The third-order valence-electron chi connectivity index (χ3n) is 3.92. The quantitative estimate of drug-likeness (QED) is 0.670. The Bertz CT molecular complexity index is 731. The average molecular weight is 352 g/mol. The molecular formula is C15H18ClN5O3. The number of nitro benzene ring substituents is 1. The van der Waals surface area contributed by atoms with Gasteiger partial charge in [0.05, 0.1) is 22.4 Å². The van der Waals surface area contributed by atoms with Crippen molar-refractivity contribution in [2.45, 2.75) is 13.0 Å². The van der Waals surface area contributed by atoms with E-state index in [0.29, 0.717) is 17.8 Å². The van der Waals surface area contributed by atoms with E-state index in [0.717, 1.165) is 13.1 Å². The number of carbonyl (C=O) groups is 1. The lowest BCUT2D eigenvalue weighted by Crippen LogP contribution is -2.52. The molecule has 1 fully saturated rings. The summed E-state index contributed by atoms with van der Waals surface area (Å²) in [6, 6.07) is 6.17. The Kier molecular flexibility index (Phi) is 5.53. The first-order chi connectivity index (χ1) is 11.1. The van der Waals surface area contributed by atoms with Gasteiger partial charge in [0, 0.05) is 44.0 Å². The summed E-state index contributed by atoms with van der Waals surface area (Å²) in [6.45, 7) is 4.24. The number of nitrogens with zero attached hydrogens (tertiary/aromatic N) is 4. The fourth-order valence-corrected chi connectivity index (χ4v) is 2.61. The molecule has 0 spiro atoms. The van der Waals surface area contributed by atoms with Gasteiger partial charge in [-0.3, -0.25) is 14.9 Å². The molecule has 8 nitrogen and oxygen atoms in total. The van der Waals surface area contributed by atoms with Crippen LogP contribution >= 0.6 is 12.4 Å². The summed E-state index contributed by atoms with van der Waals surface area (Å²) < 4.78 is 1.55. The standard InChI is InChI=1S/C15H17N5O3.ClH/c1-11-8-16-6-7-18(11)15(21)12-9-17-19(10-12)13-2-4-14(5-3-13)20(22)23;/h2-5,9-11,16H,6-8H2,1H3;1H/t11-;/m1./s1. The van der Waals surface area contributed by atoms with Crippen molar-refractivity contribution in [3.05, 3.63) is 52.3 Å². The number of nitro groups is 1. The average Bonchev–Trinajstić information content (AvgIpc) is 3.05. The van der Waals surface area contributed by atoms with E-state index in [9.17, 15) is 14.9 Å². The molecule has 0 radical (unpaired) electrons. The van der Waals surface area contributed by atoms with Crippen LogP contribution in [0.3, 0.4) is 0 Å². The summed E-state index contributed by atoms with van der Waals surface area (Å²) in [6.07, 6.45) is 3.18. The van der Waals surface area contributed by atoms with Gasteiger partial charge in [-0.05, 0) is 19.1 Å². The first kappa shape index (κ1) is 17.9. The minimum absolute atomic E-state index is 0. The van der Waals surface area contributed by atoms with Crippen LogP contribution in [-0.2, 0) is 0 Å². The highest BCUT2D eigenvalue weighted by Gasteiger charge is 2.25. The van der Waals surface area contributed by atoms with Crippen LogP contribution in [0.1, 0.15) is 17.3 Å². The number of piperazine rings is 1. The summed E-state index contributed by atoms with van der Waals surface area (Å²) >= 11 is 0. The van der Waals surface area contributed by atoms with E-state index in [1.807, 2.05) is 11.8 Å². The van der Waals surface area contributed by atoms with Crippen molar-refractivity contribution >= 4 is 24.0 Å². The third kappa shape index (κ3) is 3.55. The number of rotatable bonds is 3. The molecule has 1 aromatic heterocycles. The van der Waals surface area contributed by atoms with Crippen molar-refractivity contribution in [1.29, 1.82) is 0 Å². The number of amides is 1. The number of aromatic nitrogens is 2. The van der Waals surface area contributed by atoms with E-state index < -0.39 is 4.92 Å². The Balaban J connectivity index is 0.00000208. The van der Waals surface area contributed by atoms with Crippen LogP contribution in [0, 0.1) is 10.1 Å². The van der Waals surface area contributed by atoms with Crippen molar-refractivity contribution in [1.82, 2.24) is 20.0 Å². The number of nitrogens with one attached hydrogen (secondary N) is 1. The second-order valence-corrected chi connectivity index (χ2v) is 5.50. The number of benzene rings is 1. The lowest BCUT2D eigenvalue weighted by Gasteiger charge is -2.33. The molecule has 1 amide bonds. The van der Waals surface area contributed by atoms with Crippen LogP contribution in [-0.4, -0.2) is 51.2 Å². The molecular weight excluding hydrogens is 334 g/mol. The number of non-ortho nitro benzene ring substituents is 1. The maximum atomic E-state index is 12.6. The van der Waals surface area contributed by atoms with Crippen LogP contribution in [0.4, 0.5) is 5.69 Å². The molecule has 1 aromatic carbocycles. The van der Waals surface area contributed by atoms with E-state index in [2.05, 4.69) is 10.4 Å². The van der Waals surface area contributed by atoms with Crippen LogP contribution in [0.25, 0.3) is 5.69 Å². The summed E-state index contributed by atoms with van der Waals surface area (Å²) in [4.78, 5) is 24.6. The maximum Gasteiger partial charge on any atom is 0.269 e. The highest BCUT2D eigenvalue weighted by atomic mass is 35.5. The molecule has 1 saturated heterocycles. The summed E-state index contributed by atoms with van der Waals surface area (Å²) in [5, 5.41) is 18.1. The largest absolute Gasteiger partial charge is 0.333 e. The molecule has 3 rings (SSSR count). The lowest BCUT2D eigenvalue weighted by atomic mass is 10.2. The molecule has 0 aliphatic carbocycles. The Morgan fingerprint density at radius 3 is 2.71 bits per heavy atom. The first-order valence-electron chi connectivity index (χ1n) is 7.37. The predicted molar refractivity (Wildman–Crippen MR) is 90.8 cm³/mol. The molecule has 0 bridgehead atoms. The summed E-state index contributed by atoms with van der Waals surface area (Å²) in [5.74, 6) is -0.0489. The van der Waals surface area contributed by atoms with Gasteiger partial charge in [-0.1, -0.05) is 0 Å². The van der Waals surface area contributed by atoms with Gasteiger partial charge in [-0.2, -0.15) is 5.10 Å². The molecule has 128 valence electrons. The van der Waals surface area contributed by atoms with Crippen molar-refractivity contribution < 1.29 is 9.72 Å². The zero-order valence-electron chi connectivity index (χ0n) is 13.1.